The molecule has 0 radical (unpaired) electrons. The average molecular weight is 285 g/mol. The molecular weight excluding hydrogens is 274 g/mol. The van der Waals surface area contributed by atoms with E-state index in [1.54, 1.807) is 18.2 Å². The van der Waals surface area contributed by atoms with Crippen molar-refractivity contribution in [3.8, 4) is 5.75 Å². The van der Waals surface area contributed by atoms with E-state index in [-0.39, 0.29) is 22.6 Å². The molecular formula is C14H11N3O4. The molecule has 0 aliphatic carbocycles. The average Bonchev–Trinajstić information content (AvgIpc) is 2.48. The number of nitro benzene ring substituents is 1. The third-order valence-electron chi connectivity index (χ3n) is 2.65. The zero-order valence-electron chi connectivity index (χ0n) is 10.8. The van der Waals surface area contributed by atoms with E-state index in [4.69, 9.17) is 0 Å². The molecule has 0 aliphatic rings. The van der Waals surface area contributed by atoms with Gasteiger partial charge in [-0.05, 0) is 18.2 Å². The maximum absolute atomic E-state index is 11.8. The molecule has 0 aliphatic heterocycles. The van der Waals surface area contributed by atoms with Crippen LogP contribution in [0.5, 0.6) is 5.75 Å². The lowest BCUT2D eigenvalue weighted by Gasteiger charge is -2.02. The molecule has 2 rings (SSSR count). The van der Waals surface area contributed by atoms with Gasteiger partial charge in [0.2, 0.25) is 0 Å². The number of phenols is 1. The van der Waals surface area contributed by atoms with Crippen molar-refractivity contribution < 1.29 is 14.8 Å². The number of hydrogen-bond acceptors (Lipinski definition) is 5. The number of nitro groups is 1. The number of nitrogens with zero attached hydrogens (tertiary/aromatic N) is 2. The summed E-state index contributed by atoms with van der Waals surface area (Å²) in [6, 6.07) is 12.0. The van der Waals surface area contributed by atoms with E-state index >= 15 is 0 Å². The second kappa shape index (κ2) is 6.29. The Kier molecular flexibility index (Phi) is 4.25. The molecule has 0 unspecified atom stereocenters. The highest BCUT2D eigenvalue weighted by molar-refractivity contribution is 5.97. The molecule has 1 amide bonds. The van der Waals surface area contributed by atoms with Gasteiger partial charge in [-0.25, -0.2) is 5.43 Å². The van der Waals surface area contributed by atoms with Gasteiger partial charge in [0.1, 0.15) is 5.75 Å². The molecule has 0 heterocycles. The molecule has 7 heteroatoms. The summed E-state index contributed by atoms with van der Waals surface area (Å²) in [4.78, 5) is 22.0. The Balaban J connectivity index is 2.12. The topological polar surface area (TPSA) is 105 Å². The van der Waals surface area contributed by atoms with E-state index in [9.17, 15) is 20.0 Å². The fraction of sp³-hybridized carbons (Fsp3) is 0. The number of amides is 1. The molecule has 0 saturated carbocycles. The van der Waals surface area contributed by atoms with Crippen LogP contribution >= 0.6 is 0 Å². The minimum atomic E-state index is -0.608. The van der Waals surface area contributed by atoms with E-state index in [2.05, 4.69) is 10.5 Å². The van der Waals surface area contributed by atoms with Crippen molar-refractivity contribution in [2.75, 3.05) is 0 Å². The Morgan fingerprint density at radius 3 is 2.57 bits per heavy atom. The first-order valence-electron chi connectivity index (χ1n) is 5.94. The lowest BCUT2D eigenvalue weighted by Crippen LogP contribution is -2.17. The molecule has 2 aromatic rings. The van der Waals surface area contributed by atoms with E-state index in [0.717, 1.165) is 0 Å². The second-order valence-corrected chi connectivity index (χ2v) is 4.03. The van der Waals surface area contributed by atoms with Crippen molar-refractivity contribution in [3.05, 3.63) is 69.8 Å². The first-order valence-corrected chi connectivity index (χ1v) is 5.94. The van der Waals surface area contributed by atoms with Gasteiger partial charge in [0.25, 0.3) is 11.6 Å². The fourth-order valence-electron chi connectivity index (χ4n) is 1.65. The summed E-state index contributed by atoms with van der Waals surface area (Å²) in [5.41, 5.74) is 2.42. The van der Waals surface area contributed by atoms with Gasteiger partial charge >= 0.3 is 0 Å². The number of phenolic OH excluding ortho intramolecular Hbond substituents is 1. The SMILES string of the molecule is O=C(N/N=C/c1ccccc1[N+](=O)[O-])c1ccccc1O. The second-order valence-electron chi connectivity index (χ2n) is 4.03. The van der Waals surface area contributed by atoms with Gasteiger partial charge in [0, 0.05) is 6.07 Å². The highest BCUT2D eigenvalue weighted by atomic mass is 16.6. The number of aromatic hydroxyl groups is 1. The summed E-state index contributed by atoms with van der Waals surface area (Å²) < 4.78 is 0. The highest BCUT2D eigenvalue weighted by Gasteiger charge is 2.11. The van der Waals surface area contributed by atoms with Crippen molar-refractivity contribution in [3.63, 3.8) is 0 Å². The number of carbonyl (C=O) groups excluding carboxylic acids is 1. The van der Waals surface area contributed by atoms with Crippen LogP contribution in [0.1, 0.15) is 15.9 Å². The van der Waals surface area contributed by atoms with E-state index in [1.807, 2.05) is 0 Å². The Hall–Kier alpha value is -3.22. The Morgan fingerprint density at radius 1 is 1.19 bits per heavy atom. The number of rotatable bonds is 4. The minimum absolute atomic E-state index is 0.0669. The molecule has 0 atom stereocenters. The lowest BCUT2D eigenvalue weighted by atomic mass is 10.2. The molecule has 0 aromatic heterocycles. The number of hydrazone groups is 1. The number of carbonyl (C=O) groups is 1. The van der Waals surface area contributed by atoms with Gasteiger partial charge in [-0.15, -0.1) is 0 Å². The third-order valence-corrected chi connectivity index (χ3v) is 2.65. The van der Waals surface area contributed by atoms with Gasteiger partial charge < -0.3 is 5.11 Å². The molecule has 21 heavy (non-hydrogen) atoms. The molecule has 0 spiro atoms. The van der Waals surface area contributed by atoms with Crippen LogP contribution in [0, 0.1) is 10.1 Å². The highest BCUT2D eigenvalue weighted by Crippen LogP contribution is 2.16. The number of nitrogens with one attached hydrogen (secondary N) is 1. The van der Waals surface area contributed by atoms with Crippen molar-refractivity contribution in [2.45, 2.75) is 0 Å². The number of para-hydroxylation sites is 2. The van der Waals surface area contributed by atoms with Crippen LogP contribution in [0.3, 0.4) is 0 Å². The summed E-state index contributed by atoms with van der Waals surface area (Å²) in [6.07, 6.45) is 1.18. The molecule has 2 N–H and O–H groups in total. The lowest BCUT2D eigenvalue weighted by molar-refractivity contribution is -0.385. The number of hydrogen-bond donors (Lipinski definition) is 2. The van der Waals surface area contributed by atoms with Gasteiger partial charge in [-0.3, -0.25) is 14.9 Å². The predicted molar refractivity (Wildman–Crippen MR) is 76.3 cm³/mol. The normalized spacial score (nSPS) is 10.5. The van der Waals surface area contributed by atoms with Gasteiger partial charge in [0.15, 0.2) is 0 Å². The van der Waals surface area contributed by atoms with Crippen molar-refractivity contribution in [1.82, 2.24) is 5.43 Å². The first-order chi connectivity index (χ1) is 10.1. The van der Waals surface area contributed by atoms with Gasteiger partial charge in [-0.1, -0.05) is 24.3 Å². The van der Waals surface area contributed by atoms with Crippen LogP contribution in [0.15, 0.2) is 53.6 Å². The molecule has 0 bridgehead atoms. The van der Waals surface area contributed by atoms with Crippen molar-refractivity contribution >= 4 is 17.8 Å². The van der Waals surface area contributed by atoms with Crippen LogP contribution in [-0.2, 0) is 0 Å². The smallest absolute Gasteiger partial charge is 0.278 e. The predicted octanol–water partition coefficient (Wildman–Crippen LogP) is 2.06. The Morgan fingerprint density at radius 2 is 1.86 bits per heavy atom. The molecule has 0 fully saturated rings. The molecule has 106 valence electrons. The van der Waals surface area contributed by atoms with E-state index in [1.165, 1.54) is 36.5 Å². The number of benzene rings is 2. The van der Waals surface area contributed by atoms with Gasteiger partial charge in [0.05, 0.1) is 22.3 Å². The Bertz CT molecular complexity index is 713. The zero-order chi connectivity index (χ0) is 15.2. The van der Waals surface area contributed by atoms with Crippen molar-refractivity contribution in [1.29, 1.82) is 0 Å². The van der Waals surface area contributed by atoms with Crippen LogP contribution in [0.4, 0.5) is 5.69 Å². The largest absolute Gasteiger partial charge is 0.507 e. The van der Waals surface area contributed by atoms with Crippen LogP contribution in [-0.4, -0.2) is 22.2 Å². The maximum Gasteiger partial charge on any atom is 0.278 e. The van der Waals surface area contributed by atoms with Gasteiger partial charge in [-0.2, -0.15) is 5.10 Å². The quantitative estimate of drug-likeness (QED) is 0.509. The zero-order valence-corrected chi connectivity index (χ0v) is 10.8. The monoisotopic (exact) mass is 285 g/mol. The van der Waals surface area contributed by atoms with Crippen LogP contribution in [0.2, 0.25) is 0 Å². The molecule has 2 aromatic carbocycles. The Labute approximate surface area is 119 Å². The van der Waals surface area contributed by atoms with E-state index < -0.39 is 10.8 Å². The first kappa shape index (κ1) is 14.2. The molecule has 7 nitrogen and oxygen atoms in total. The summed E-state index contributed by atoms with van der Waals surface area (Å²) in [5, 5.41) is 24.0. The third kappa shape index (κ3) is 3.41. The van der Waals surface area contributed by atoms with Crippen LogP contribution in [0.25, 0.3) is 0 Å². The standard InChI is InChI=1S/C14H11N3O4/c18-13-8-4-2-6-11(13)14(19)16-15-9-10-5-1-3-7-12(10)17(20)21/h1-9,18H,(H,16,19)/b15-9+. The summed E-state index contributed by atoms with van der Waals surface area (Å²) in [6.45, 7) is 0. The summed E-state index contributed by atoms with van der Waals surface area (Å²) in [5.74, 6) is -0.779. The summed E-state index contributed by atoms with van der Waals surface area (Å²) >= 11 is 0. The van der Waals surface area contributed by atoms with E-state index in [0.29, 0.717) is 0 Å². The summed E-state index contributed by atoms with van der Waals surface area (Å²) in [7, 11) is 0. The fourth-order valence-corrected chi connectivity index (χ4v) is 1.65. The minimum Gasteiger partial charge on any atom is -0.507 e. The van der Waals surface area contributed by atoms with Crippen molar-refractivity contribution in [2.24, 2.45) is 5.10 Å². The molecule has 0 saturated heterocycles. The van der Waals surface area contributed by atoms with Crippen LogP contribution < -0.4 is 5.43 Å². The maximum atomic E-state index is 11.8.